The lowest BCUT2D eigenvalue weighted by Crippen LogP contribution is -2.31. The average molecular weight is 268 g/mol. The van der Waals surface area contributed by atoms with Gasteiger partial charge in [0.05, 0.1) is 12.5 Å². The molecule has 0 heterocycles. The Labute approximate surface area is 112 Å². The van der Waals surface area contributed by atoms with Crippen LogP contribution >= 0.6 is 11.8 Å². The van der Waals surface area contributed by atoms with E-state index in [-0.39, 0.29) is 23.7 Å². The van der Waals surface area contributed by atoms with Crippen LogP contribution in [0, 0.1) is 0 Å². The minimum atomic E-state index is -0.338. The van der Waals surface area contributed by atoms with Gasteiger partial charge in [0, 0.05) is 11.0 Å². The van der Waals surface area contributed by atoms with Crippen LogP contribution in [0.1, 0.15) is 25.0 Å². The van der Waals surface area contributed by atoms with E-state index in [0.717, 1.165) is 16.9 Å². The van der Waals surface area contributed by atoms with Crippen LogP contribution in [0.5, 0.6) is 0 Å². The summed E-state index contributed by atoms with van der Waals surface area (Å²) in [6.07, 6.45) is -0.0504. The molecule has 0 aromatic heterocycles. The molecular weight excluding hydrogens is 248 g/mol. The monoisotopic (exact) mass is 268 g/mol. The standard InChI is InChI=1S/C13H20N2O2S/c1-9(16)10(2)18-8-12-6-4-3-5-11(12)7-13(17)15-14/h3-6,9-10,16H,7-8,14H2,1-2H3,(H,15,17). The van der Waals surface area contributed by atoms with Crippen molar-refractivity contribution in [3.8, 4) is 0 Å². The molecule has 1 rings (SSSR count). The highest BCUT2D eigenvalue weighted by molar-refractivity contribution is 7.99. The molecule has 2 unspecified atom stereocenters. The third-order valence-corrected chi connectivity index (χ3v) is 4.21. The van der Waals surface area contributed by atoms with Crippen LogP contribution in [0.3, 0.4) is 0 Å². The van der Waals surface area contributed by atoms with Gasteiger partial charge in [-0.05, 0) is 18.1 Å². The molecule has 0 radical (unpaired) electrons. The van der Waals surface area contributed by atoms with Crippen LogP contribution < -0.4 is 11.3 Å². The molecule has 18 heavy (non-hydrogen) atoms. The number of aliphatic hydroxyl groups excluding tert-OH is 1. The van der Waals surface area contributed by atoms with E-state index in [0.29, 0.717) is 0 Å². The lowest BCUT2D eigenvalue weighted by molar-refractivity contribution is -0.120. The van der Waals surface area contributed by atoms with Crippen molar-refractivity contribution >= 4 is 17.7 Å². The molecule has 0 bridgehead atoms. The summed E-state index contributed by atoms with van der Waals surface area (Å²) >= 11 is 1.67. The zero-order valence-electron chi connectivity index (χ0n) is 10.7. The molecule has 0 saturated heterocycles. The van der Waals surface area contributed by atoms with Crippen molar-refractivity contribution in [2.75, 3.05) is 0 Å². The molecule has 100 valence electrons. The number of carbonyl (C=O) groups is 1. The number of rotatable bonds is 6. The highest BCUT2D eigenvalue weighted by Gasteiger charge is 2.11. The number of aliphatic hydroxyl groups is 1. The smallest absolute Gasteiger partial charge is 0.238 e. The van der Waals surface area contributed by atoms with Gasteiger partial charge >= 0.3 is 0 Å². The Kier molecular flexibility index (Phi) is 6.18. The molecule has 4 nitrogen and oxygen atoms in total. The van der Waals surface area contributed by atoms with Gasteiger partial charge in [-0.25, -0.2) is 5.84 Å². The lowest BCUT2D eigenvalue weighted by Gasteiger charge is -2.15. The van der Waals surface area contributed by atoms with Gasteiger partial charge in [0.15, 0.2) is 0 Å². The van der Waals surface area contributed by atoms with Gasteiger partial charge in [-0.3, -0.25) is 10.2 Å². The SMILES string of the molecule is CC(O)C(C)SCc1ccccc1CC(=O)NN. The molecule has 1 aromatic rings. The maximum absolute atomic E-state index is 11.3. The van der Waals surface area contributed by atoms with Crippen molar-refractivity contribution in [3.63, 3.8) is 0 Å². The molecule has 1 amide bonds. The first-order valence-electron chi connectivity index (χ1n) is 5.90. The maximum Gasteiger partial charge on any atom is 0.238 e. The third kappa shape index (κ3) is 4.68. The van der Waals surface area contributed by atoms with E-state index in [4.69, 9.17) is 5.84 Å². The second-order valence-electron chi connectivity index (χ2n) is 4.27. The van der Waals surface area contributed by atoms with E-state index in [1.165, 1.54) is 0 Å². The Morgan fingerprint density at radius 3 is 2.56 bits per heavy atom. The fourth-order valence-electron chi connectivity index (χ4n) is 1.46. The molecule has 0 aliphatic heterocycles. The van der Waals surface area contributed by atoms with Gasteiger partial charge in [-0.1, -0.05) is 31.2 Å². The molecule has 0 aliphatic carbocycles. The second kappa shape index (κ2) is 7.41. The summed E-state index contributed by atoms with van der Waals surface area (Å²) in [6, 6.07) is 7.79. The largest absolute Gasteiger partial charge is 0.392 e. The Hall–Kier alpha value is -1.04. The fourth-order valence-corrected chi connectivity index (χ4v) is 2.46. The van der Waals surface area contributed by atoms with Crippen molar-refractivity contribution in [1.82, 2.24) is 5.43 Å². The molecule has 1 aromatic carbocycles. The number of amides is 1. The summed E-state index contributed by atoms with van der Waals surface area (Å²) in [5.41, 5.74) is 4.23. The number of hydrogen-bond donors (Lipinski definition) is 3. The van der Waals surface area contributed by atoms with Gasteiger partial charge < -0.3 is 5.11 Å². The maximum atomic E-state index is 11.3. The summed E-state index contributed by atoms with van der Waals surface area (Å²) in [6.45, 7) is 3.77. The van der Waals surface area contributed by atoms with Crippen LogP contribution in [-0.2, 0) is 17.0 Å². The number of thioether (sulfide) groups is 1. The Bertz CT molecular complexity index is 396. The van der Waals surface area contributed by atoms with Gasteiger partial charge in [-0.15, -0.1) is 0 Å². The highest BCUT2D eigenvalue weighted by atomic mass is 32.2. The molecule has 0 aliphatic rings. The topological polar surface area (TPSA) is 75.3 Å². The summed E-state index contributed by atoms with van der Waals surface area (Å²) in [5.74, 6) is 5.67. The number of hydrazine groups is 1. The number of benzene rings is 1. The van der Waals surface area contributed by atoms with Crippen molar-refractivity contribution in [3.05, 3.63) is 35.4 Å². The predicted octanol–water partition coefficient (Wildman–Crippen LogP) is 1.22. The van der Waals surface area contributed by atoms with Crippen LogP contribution in [0.4, 0.5) is 0 Å². The number of nitrogens with two attached hydrogens (primary N) is 1. The fraction of sp³-hybridized carbons (Fsp3) is 0.462. The molecule has 5 heteroatoms. The Balaban J connectivity index is 2.67. The zero-order chi connectivity index (χ0) is 13.5. The lowest BCUT2D eigenvalue weighted by atomic mass is 10.1. The van der Waals surface area contributed by atoms with Crippen molar-refractivity contribution in [2.45, 2.75) is 37.4 Å². The van der Waals surface area contributed by atoms with E-state index in [2.05, 4.69) is 5.43 Å². The van der Waals surface area contributed by atoms with Gasteiger partial charge in [0.25, 0.3) is 0 Å². The zero-order valence-corrected chi connectivity index (χ0v) is 11.5. The van der Waals surface area contributed by atoms with Gasteiger partial charge in [0.1, 0.15) is 0 Å². The van der Waals surface area contributed by atoms with Crippen LogP contribution in [0.25, 0.3) is 0 Å². The quantitative estimate of drug-likeness (QED) is 0.412. The molecule has 0 spiro atoms. The number of hydrogen-bond acceptors (Lipinski definition) is 4. The molecule has 4 N–H and O–H groups in total. The van der Waals surface area contributed by atoms with E-state index in [1.807, 2.05) is 31.2 Å². The molecular formula is C13H20N2O2S. The minimum Gasteiger partial charge on any atom is -0.392 e. The first-order chi connectivity index (χ1) is 8.54. The minimum absolute atomic E-state index is 0.168. The first-order valence-corrected chi connectivity index (χ1v) is 6.95. The average Bonchev–Trinajstić information content (AvgIpc) is 2.37. The summed E-state index contributed by atoms with van der Waals surface area (Å²) in [7, 11) is 0. The summed E-state index contributed by atoms with van der Waals surface area (Å²) in [5, 5.41) is 9.62. The predicted molar refractivity (Wildman–Crippen MR) is 74.9 cm³/mol. The number of carbonyl (C=O) groups excluding carboxylic acids is 1. The van der Waals surface area contributed by atoms with Crippen molar-refractivity contribution < 1.29 is 9.90 Å². The highest BCUT2D eigenvalue weighted by Crippen LogP contribution is 2.22. The molecule has 0 fully saturated rings. The summed E-state index contributed by atoms with van der Waals surface area (Å²) in [4.78, 5) is 11.3. The molecule has 0 saturated carbocycles. The van der Waals surface area contributed by atoms with Crippen LogP contribution in [0.15, 0.2) is 24.3 Å². The Morgan fingerprint density at radius 2 is 2.00 bits per heavy atom. The van der Waals surface area contributed by atoms with Crippen molar-refractivity contribution in [2.24, 2.45) is 5.84 Å². The van der Waals surface area contributed by atoms with E-state index in [1.54, 1.807) is 18.7 Å². The molecule has 2 atom stereocenters. The van der Waals surface area contributed by atoms with Crippen molar-refractivity contribution in [1.29, 1.82) is 0 Å². The first kappa shape index (κ1) is 15.0. The summed E-state index contributed by atoms with van der Waals surface area (Å²) < 4.78 is 0. The Morgan fingerprint density at radius 1 is 1.39 bits per heavy atom. The van der Waals surface area contributed by atoms with Crippen LogP contribution in [0.2, 0.25) is 0 Å². The van der Waals surface area contributed by atoms with E-state index < -0.39 is 0 Å². The van der Waals surface area contributed by atoms with E-state index in [9.17, 15) is 9.90 Å². The van der Waals surface area contributed by atoms with Gasteiger partial charge in [-0.2, -0.15) is 11.8 Å². The van der Waals surface area contributed by atoms with Crippen LogP contribution in [-0.4, -0.2) is 22.4 Å². The third-order valence-electron chi connectivity index (χ3n) is 2.81. The normalized spacial score (nSPS) is 14.0. The van der Waals surface area contributed by atoms with Gasteiger partial charge in [0.2, 0.25) is 5.91 Å². The second-order valence-corrected chi connectivity index (χ2v) is 5.64. The number of nitrogens with one attached hydrogen (secondary N) is 1. The van der Waals surface area contributed by atoms with E-state index >= 15 is 0 Å².